The first-order valence-corrected chi connectivity index (χ1v) is 27.6. The lowest BCUT2D eigenvalue weighted by molar-refractivity contribution is -0.124. The maximum Gasteiger partial charge on any atom is 0.220 e. The zero-order valence-corrected chi connectivity index (χ0v) is 41.3. The fourth-order valence-electron chi connectivity index (χ4n) is 8.77. The van der Waals surface area contributed by atoms with E-state index >= 15 is 0 Å². The van der Waals surface area contributed by atoms with Crippen molar-refractivity contribution in [3.8, 4) is 0 Å². The van der Waals surface area contributed by atoms with Gasteiger partial charge in [0.25, 0.3) is 0 Å². The highest BCUT2D eigenvalue weighted by Gasteiger charge is 2.26. The van der Waals surface area contributed by atoms with Gasteiger partial charge in [0, 0.05) is 6.42 Å². The van der Waals surface area contributed by atoms with Gasteiger partial charge in [0.15, 0.2) is 0 Å². The van der Waals surface area contributed by atoms with Crippen LogP contribution in [-0.4, -0.2) is 46.1 Å². The van der Waals surface area contributed by atoms with Crippen molar-refractivity contribution >= 4 is 5.91 Å². The van der Waals surface area contributed by atoms with Crippen molar-refractivity contribution in [2.45, 2.75) is 321 Å². The monoisotopic (exact) mass is 860 g/mol. The molecule has 1 amide bonds. The summed E-state index contributed by atoms with van der Waals surface area (Å²) in [6.45, 7) is 4.20. The molecule has 0 spiro atoms. The third-order valence-corrected chi connectivity index (χ3v) is 13.0. The number of amides is 1. The number of hydrogen-bond acceptors (Lipinski definition) is 4. The van der Waals surface area contributed by atoms with Crippen LogP contribution in [0.5, 0.6) is 0 Å². The second-order valence-corrected chi connectivity index (χ2v) is 19.1. The number of unbranched alkanes of at least 4 members (excludes halogenated alkanes) is 39. The summed E-state index contributed by atoms with van der Waals surface area (Å²) in [5.74, 6) is -0.152. The van der Waals surface area contributed by atoms with E-state index in [1.165, 1.54) is 231 Å². The lowest BCUT2D eigenvalue weighted by Gasteiger charge is -2.26. The zero-order valence-electron chi connectivity index (χ0n) is 41.3. The van der Waals surface area contributed by atoms with Crippen LogP contribution in [0.1, 0.15) is 303 Å². The number of carbonyl (C=O) groups excluding carboxylic acids is 1. The van der Waals surface area contributed by atoms with Crippen molar-refractivity contribution in [3.63, 3.8) is 0 Å². The Morgan fingerprint density at radius 2 is 0.672 bits per heavy atom. The summed E-state index contributed by atoms with van der Waals surface area (Å²) in [5.41, 5.74) is 0. The Morgan fingerprint density at radius 3 is 1.00 bits per heavy atom. The van der Waals surface area contributed by atoms with Crippen molar-refractivity contribution in [1.82, 2.24) is 5.32 Å². The minimum absolute atomic E-state index is 0.152. The molecule has 0 aromatic carbocycles. The van der Waals surface area contributed by atoms with Gasteiger partial charge in [0.05, 0.1) is 18.8 Å². The number of rotatable bonds is 51. The van der Waals surface area contributed by atoms with Gasteiger partial charge in [-0.15, -0.1) is 0 Å². The molecule has 0 radical (unpaired) electrons. The molecule has 3 atom stereocenters. The maximum absolute atomic E-state index is 12.5. The zero-order chi connectivity index (χ0) is 44.4. The Labute approximate surface area is 382 Å². The van der Waals surface area contributed by atoms with Gasteiger partial charge >= 0.3 is 0 Å². The molecule has 5 nitrogen and oxygen atoms in total. The molecule has 0 bridgehead atoms. The van der Waals surface area contributed by atoms with Gasteiger partial charge in [0.1, 0.15) is 6.10 Å². The van der Waals surface area contributed by atoms with Gasteiger partial charge in [-0.25, -0.2) is 0 Å². The lowest BCUT2D eigenvalue weighted by atomic mass is 10.0. The quantitative estimate of drug-likeness (QED) is 0.0362. The second kappa shape index (κ2) is 51.5. The molecule has 0 aliphatic rings. The van der Waals surface area contributed by atoms with Gasteiger partial charge < -0.3 is 20.6 Å². The smallest absolute Gasteiger partial charge is 0.220 e. The Morgan fingerprint density at radius 1 is 0.393 bits per heavy atom. The molecule has 4 N–H and O–H groups in total. The average Bonchev–Trinajstić information content (AvgIpc) is 3.26. The van der Waals surface area contributed by atoms with Crippen LogP contribution in [0.25, 0.3) is 0 Å². The van der Waals surface area contributed by atoms with E-state index < -0.39 is 18.2 Å². The maximum atomic E-state index is 12.5. The molecular formula is C56H109NO4. The molecule has 362 valence electrons. The first-order chi connectivity index (χ1) is 30.1. The molecule has 0 aliphatic heterocycles. The third kappa shape index (κ3) is 46.6. The fraction of sp³-hybridized carbons (Fsp3) is 0.911. The first kappa shape index (κ1) is 59.8. The van der Waals surface area contributed by atoms with E-state index in [4.69, 9.17) is 0 Å². The summed E-state index contributed by atoms with van der Waals surface area (Å²) in [6, 6.07) is -0.830. The van der Waals surface area contributed by atoms with E-state index in [-0.39, 0.29) is 12.5 Å². The summed E-state index contributed by atoms with van der Waals surface area (Å²) >= 11 is 0. The molecule has 5 heteroatoms. The second-order valence-electron chi connectivity index (χ2n) is 19.1. The number of nitrogens with one attached hydrogen (secondary N) is 1. The SMILES string of the molecule is CCCCCCCCCCCCCCCC/C=C/CC/C=C/CCCC(O)C(O)C(CO)NC(=O)CCCCCCCCCCCCCCCCCCCCCCCCCC. The summed E-state index contributed by atoms with van der Waals surface area (Å²) in [4.78, 5) is 12.5. The first-order valence-electron chi connectivity index (χ1n) is 27.6. The molecule has 0 aliphatic carbocycles. The minimum atomic E-state index is -1.16. The van der Waals surface area contributed by atoms with E-state index in [0.717, 1.165) is 44.9 Å². The van der Waals surface area contributed by atoms with Crippen molar-refractivity contribution in [3.05, 3.63) is 24.3 Å². The third-order valence-electron chi connectivity index (χ3n) is 13.0. The van der Waals surface area contributed by atoms with Gasteiger partial charge in [-0.3, -0.25) is 4.79 Å². The van der Waals surface area contributed by atoms with E-state index in [9.17, 15) is 20.1 Å². The molecule has 0 saturated heterocycles. The van der Waals surface area contributed by atoms with Gasteiger partial charge in [0.2, 0.25) is 5.91 Å². The minimum Gasteiger partial charge on any atom is -0.394 e. The molecule has 0 aromatic rings. The van der Waals surface area contributed by atoms with Crippen molar-refractivity contribution in [2.24, 2.45) is 0 Å². The van der Waals surface area contributed by atoms with E-state index in [0.29, 0.717) is 12.8 Å². The lowest BCUT2D eigenvalue weighted by Crippen LogP contribution is -2.50. The standard InChI is InChI=1S/C56H109NO4/c1-3-5-7-9-11-13-15-17-19-21-23-25-27-29-31-33-35-37-39-41-43-45-47-49-51-55(60)57-53(52-58)56(61)54(59)50-48-46-44-42-40-38-36-34-32-30-28-26-24-22-20-18-16-14-12-10-8-6-4-2/h34,36,42,44,53-54,56,58-59,61H,3-33,35,37-41,43,45-52H2,1-2H3,(H,57,60)/b36-34+,44-42+. The van der Waals surface area contributed by atoms with Crippen LogP contribution in [-0.2, 0) is 4.79 Å². The number of aliphatic hydroxyl groups excluding tert-OH is 3. The van der Waals surface area contributed by atoms with Crippen LogP contribution in [0.2, 0.25) is 0 Å². The molecule has 3 unspecified atom stereocenters. The Bertz CT molecular complexity index is 905. The molecule has 0 saturated carbocycles. The highest BCUT2D eigenvalue weighted by Crippen LogP contribution is 2.17. The van der Waals surface area contributed by atoms with Crippen LogP contribution < -0.4 is 5.32 Å². The van der Waals surface area contributed by atoms with Crippen LogP contribution in [0, 0.1) is 0 Å². The molecule has 61 heavy (non-hydrogen) atoms. The van der Waals surface area contributed by atoms with Gasteiger partial charge in [-0.2, -0.15) is 0 Å². The van der Waals surface area contributed by atoms with Crippen molar-refractivity contribution in [1.29, 1.82) is 0 Å². The molecule has 0 fully saturated rings. The highest BCUT2D eigenvalue weighted by molar-refractivity contribution is 5.76. The summed E-state index contributed by atoms with van der Waals surface area (Å²) in [7, 11) is 0. The van der Waals surface area contributed by atoms with Gasteiger partial charge in [-0.1, -0.05) is 269 Å². The van der Waals surface area contributed by atoms with E-state index in [2.05, 4.69) is 43.5 Å². The van der Waals surface area contributed by atoms with Crippen molar-refractivity contribution in [2.75, 3.05) is 6.61 Å². The number of allylic oxidation sites excluding steroid dienone is 4. The highest BCUT2D eigenvalue weighted by atomic mass is 16.3. The normalized spacial score (nSPS) is 13.5. The summed E-state index contributed by atoms with van der Waals surface area (Å²) < 4.78 is 0. The largest absolute Gasteiger partial charge is 0.394 e. The average molecular weight is 860 g/mol. The van der Waals surface area contributed by atoms with E-state index in [1.807, 2.05) is 0 Å². The predicted octanol–water partition coefficient (Wildman–Crippen LogP) is 16.9. The predicted molar refractivity (Wildman–Crippen MR) is 268 cm³/mol. The molecule has 0 aromatic heterocycles. The Hall–Kier alpha value is -1.17. The van der Waals surface area contributed by atoms with Crippen LogP contribution in [0.4, 0.5) is 0 Å². The molecular weight excluding hydrogens is 751 g/mol. The Kier molecular flexibility index (Phi) is 50.5. The summed E-state index contributed by atoms with van der Waals surface area (Å²) in [5, 5.41) is 33.7. The fourth-order valence-corrected chi connectivity index (χ4v) is 8.77. The Balaban J connectivity index is 3.58. The number of hydrogen-bond donors (Lipinski definition) is 4. The molecule has 0 heterocycles. The van der Waals surface area contributed by atoms with Crippen LogP contribution in [0.3, 0.4) is 0 Å². The topological polar surface area (TPSA) is 89.8 Å². The number of aliphatic hydroxyl groups is 3. The van der Waals surface area contributed by atoms with Crippen LogP contribution in [0.15, 0.2) is 24.3 Å². The molecule has 0 rings (SSSR count). The van der Waals surface area contributed by atoms with E-state index in [1.54, 1.807) is 0 Å². The van der Waals surface area contributed by atoms with Crippen LogP contribution >= 0.6 is 0 Å². The van der Waals surface area contributed by atoms with Gasteiger partial charge in [-0.05, 0) is 51.4 Å². The number of carbonyl (C=O) groups is 1. The van der Waals surface area contributed by atoms with Crippen molar-refractivity contribution < 1.29 is 20.1 Å². The summed E-state index contributed by atoms with van der Waals surface area (Å²) in [6.07, 6.45) is 64.7.